The van der Waals surface area contributed by atoms with Crippen molar-refractivity contribution < 1.29 is 24.0 Å². The maximum atomic E-state index is 12.0. The largest absolute Gasteiger partial charge is 0.388 e. The number of rotatable bonds is 13. The summed E-state index contributed by atoms with van der Waals surface area (Å²) in [5.41, 5.74) is 2.39. The maximum absolute atomic E-state index is 12.0. The van der Waals surface area contributed by atoms with Crippen LogP contribution in [0.15, 0.2) is 36.4 Å². The van der Waals surface area contributed by atoms with E-state index in [2.05, 4.69) is 40.7 Å². The first-order valence-corrected chi connectivity index (χ1v) is 12.3. The topological polar surface area (TPSA) is 125 Å². The van der Waals surface area contributed by atoms with E-state index in [4.69, 9.17) is 0 Å². The molecule has 1 aromatic rings. The van der Waals surface area contributed by atoms with Gasteiger partial charge >= 0.3 is 0 Å². The Morgan fingerprint density at radius 2 is 1.77 bits per heavy atom. The van der Waals surface area contributed by atoms with Gasteiger partial charge < -0.3 is 20.7 Å². The van der Waals surface area contributed by atoms with E-state index in [1.165, 1.54) is 22.6 Å². The molecule has 0 bridgehead atoms. The molecular weight excluding hydrogens is 468 g/mol. The zero-order chi connectivity index (χ0) is 26.2. The first-order chi connectivity index (χ1) is 16.7. The molecule has 1 unspecified atom stereocenters. The second kappa shape index (κ2) is 16.5. The van der Waals surface area contributed by atoms with Crippen molar-refractivity contribution in [2.75, 3.05) is 25.5 Å². The number of amides is 4. The highest BCUT2D eigenvalue weighted by molar-refractivity contribution is 7.79. The lowest BCUT2D eigenvalue weighted by Crippen LogP contribution is -2.50. The second-order valence-electron chi connectivity index (χ2n) is 8.28. The van der Waals surface area contributed by atoms with Gasteiger partial charge in [0.25, 0.3) is 11.8 Å². The first-order valence-electron chi connectivity index (χ1n) is 11.6. The van der Waals surface area contributed by atoms with Crippen molar-refractivity contribution in [2.45, 2.75) is 51.3 Å². The van der Waals surface area contributed by atoms with Crippen LogP contribution >= 0.6 is 12.6 Å². The molecule has 10 heteroatoms. The molecule has 2 rings (SSSR count). The summed E-state index contributed by atoms with van der Waals surface area (Å²) in [5.74, 6) is -0.526. The van der Waals surface area contributed by atoms with Crippen molar-refractivity contribution in [1.82, 2.24) is 15.5 Å². The SMILES string of the molecule is CC(C)C(NC(=O)CCCCCN1C(=O)C=CC1=O)C(=O)NCC=O.CNc1cccc(CS)c1. The minimum atomic E-state index is -0.682. The van der Waals surface area contributed by atoms with Crippen molar-refractivity contribution in [3.63, 3.8) is 0 Å². The van der Waals surface area contributed by atoms with Gasteiger partial charge in [-0.15, -0.1) is 0 Å². The van der Waals surface area contributed by atoms with E-state index >= 15 is 0 Å². The van der Waals surface area contributed by atoms with Crippen LogP contribution in [0, 0.1) is 5.92 Å². The van der Waals surface area contributed by atoms with E-state index in [-0.39, 0.29) is 42.5 Å². The predicted molar refractivity (Wildman–Crippen MR) is 139 cm³/mol. The molecule has 1 aliphatic heterocycles. The molecule has 35 heavy (non-hydrogen) atoms. The molecular formula is C25H36N4O5S. The lowest BCUT2D eigenvalue weighted by atomic mass is 10.0. The Morgan fingerprint density at radius 3 is 2.34 bits per heavy atom. The smallest absolute Gasteiger partial charge is 0.253 e. The summed E-state index contributed by atoms with van der Waals surface area (Å²) in [6.45, 7) is 3.88. The number of imide groups is 1. The highest BCUT2D eigenvalue weighted by Crippen LogP contribution is 2.11. The third-order valence-corrected chi connectivity index (χ3v) is 5.57. The molecule has 1 atom stereocenters. The maximum Gasteiger partial charge on any atom is 0.253 e. The summed E-state index contributed by atoms with van der Waals surface area (Å²) < 4.78 is 0. The van der Waals surface area contributed by atoms with Gasteiger partial charge in [-0.3, -0.25) is 24.1 Å². The van der Waals surface area contributed by atoms with Gasteiger partial charge in [0, 0.05) is 43.6 Å². The molecule has 0 saturated carbocycles. The quantitative estimate of drug-likeness (QED) is 0.141. The average Bonchev–Trinajstić information content (AvgIpc) is 3.17. The minimum absolute atomic E-state index is 0.0826. The predicted octanol–water partition coefficient (Wildman–Crippen LogP) is 2.09. The average molecular weight is 505 g/mol. The molecule has 0 spiro atoms. The van der Waals surface area contributed by atoms with E-state index in [1.807, 2.05) is 33.0 Å². The Bertz CT molecular complexity index is 866. The number of carbonyl (C=O) groups excluding carboxylic acids is 5. The lowest BCUT2D eigenvalue weighted by molar-refractivity contribution is -0.137. The zero-order valence-electron chi connectivity index (χ0n) is 20.6. The molecule has 3 N–H and O–H groups in total. The van der Waals surface area contributed by atoms with Gasteiger partial charge in [-0.1, -0.05) is 32.4 Å². The summed E-state index contributed by atoms with van der Waals surface area (Å²) in [5, 5.41) is 8.18. The first kappa shape index (κ1) is 29.9. The van der Waals surface area contributed by atoms with Crippen molar-refractivity contribution >= 4 is 48.2 Å². The number of nitrogens with zero attached hydrogens (tertiary/aromatic N) is 1. The number of aldehydes is 1. The minimum Gasteiger partial charge on any atom is -0.388 e. The molecule has 1 aromatic carbocycles. The summed E-state index contributed by atoms with van der Waals surface area (Å²) in [6, 6.07) is 7.53. The number of hydrogen-bond donors (Lipinski definition) is 4. The van der Waals surface area contributed by atoms with Crippen LogP contribution in [0.3, 0.4) is 0 Å². The normalized spacial score (nSPS) is 13.2. The third kappa shape index (κ3) is 11.2. The van der Waals surface area contributed by atoms with Crippen molar-refractivity contribution in [2.24, 2.45) is 5.92 Å². The highest BCUT2D eigenvalue weighted by atomic mass is 32.1. The van der Waals surface area contributed by atoms with E-state index in [0.29, 0.717) is 32.1 Å². The molecule has 0 fully saturated rings. The highest BCUT2D eigenvalue weighted by Gasteiger charge is 2.24. The number of nitrogens with one attached hydrogen (secondary N) is 3. The number of hydrogen-bond acceptors (Lipinski definition) is 7. The molecule has 0 radical (unpaired) electrons. The van der Waals surface area contributed by atoms with Gasteiger partial charge in [-0.05, 0) is 36.5 Å². The number of anilines is 1. The zero-order valence-corrected chi connectivity index (χ0v) is 21.5. The Morgan fingerprint density at radius 1 is 1.09 bits per heavy atom. The van der Waals surface area contributed by atoms with E-state index in [0.717, 1.165) is 11.4 Å². The van der Waals surface area contributed by atoms with Gasteiger partial charge in [0.2, 0.25) is 11.8 Å². The fraction of sp³-hybridized carbons (Fsp3) is 0.480. The molecule has 1 aliphatic rings. The van der Waals surface area contributed by atoms with Gasteiger partial charge in [-0.2, -0.15) is 12.6 Å². The van der Waals surface area contributed by atoms with Crippen LogP contribution in [0.2, 0.25) is 0 Å². The van der Waals surface area contributed by atoms with Crippen LogP contribution in [-0.2, 0) is 29.7 Å². The van der Waals surface area contributed by atoms with Crippen LogP contribution in [0.4, 0.5) is 5.69 Å². The molecule has 192 valence electrons. The summed E-state index contributed by atoms with van der Waals surface area (Å²) in [6.07, 6.45) is 5.24. The monoisotopic (exact) mass is 504 g/mol. The Hall–Kier alpha value is -3.14. The Kier molecular flexibility index (Phi) is 14.1. The Labute approximate surface area is 212 Å². The lowest BCUT2D eigenvalue weighted by Gasteiger charge is -2.21. The van der Waals surface area contributed by atoms with Gasteiger partial charge in [0.05, 0.1) is 6.54 Å². The summed E-state index contributed by atoms with van der Waals surface area (Å²) in [7, 11) is 1.91. The van der Waals surface area contributed by atoms with Gasteiger partial charge in [-0.25, -0.2) is 0 Å². The third-order valence-electron chi connectivity index (χ3n) is 5.21. The summed E-state index contributed by atoms with van der Waals surface area (Å²) in [4.78, 5) is 58.1. The number of thiol groups is 1. The molecule has 0 saturated heterocycles. The van der Waals surface area contributed by atoms with Crippen LogP contribution < -0.4 is 16.0 Å². The second-order valence-corrected chi connectivity index (χ2v) is 8.60. The molecule has 0 aromatic heterocycles. The fourth-order valence-electron chi connectivity index (χ4n) is 3.24. The number of unbranched alkanes of at least 4 members (excludes halogenated alkanes) is 2. The fourth-order valence-corrected chi connectivity index (χ4v) is 3.44. The molecule has 9 nitrogen and oxygen atoms in total. The van der Waals surface area contributed by atoms with E-state index in [9.17, 15) is 24.0 Å². The van der Waals surface area contributed by atoms with Crippen LogP contribution in [0.1, 0.15) is 45.1 Å². The van der Waals surface area contributed by atoms with Crippen LogP contribution in [-0.4, -0.2) is 61.0 Å². The molecule has 1 heterocycles. The molecule has 0 aliphatic carbocycles. The van der Waals surface area contributed by atoms with Gasteiger partial charge in [0.1, 0.15) is 12.3 Å². The summed E-state index contributed by atoms with van der Waals surface area (Å²) >= 11 is 4.17. The van der Waals surface area contributed by atoms with Crippen molar-refractivity contribution in [3.8, 4) is 0 Å². The van der Waals surface area contributed by atoms with Crippen molar-refractivity contribution in [1.29, 1.82) is 0 Å². The van der Waals surface area contributed by atoms with Crippen LogP contribution in [0.25, 0.3) is 0 Å². The van der Waals surface area contributed by atoms with E-state index < -0.39 is 6.04 Å². The number of carbonyl (C=O) groups is 5. The molecule has 4 amide bonds. The van der Waals surface area contributed by atoms with Gasteiger partial charge in [0.15, 0.2) is 0 Å². The number of benzene rings is 1. The van der Waals surface area contributed by atoms with E-state index in [1.54, 1.807) is 0 Å². The Balaban J connectivity index is 0.000000507. The standard InChI is InChI=1S/C17H25N3O5.C8H11NS/c1-12(2)16(17(25)18-9-11-21)19-13(22)6-4-3-5-10-20-14(23)7-8-15(20)24;1-9-8-4-2-3-7(5-8)6-10/h7-8,11-12,16H,3-6,9-10H2,1-2H3,(H,18,25)(H,19,22);2-5,9-10H,6H2,1H3. The van der Waals surface area contributed by atoms with Crippen LogP contribution in [0.5, 0.6) is 0 Å². The van der Waals surface area contributed by atoms with Crippen molar-refractivity contribution in [3.05, 3.63) is 42.0 Å².